The Morgan fingerprint density at radius 3 is 2.68 bits per heavy atom. The van der Waals surface area contributed by atoms with Gasteiger partial charge in [0.25, 0.3) is 0 Å². The molecule has 2 rings (SSSR count). The van der Waals surface area contributed by atoms with Crippen molar-refractivity contribution in [3.8, 4) is 0 Å². The van der Waals surface area contributed by atoms with Crippen molar-refractivity contribution in [2.45, 2.75) is 59.0 Å². The lowest BCUT2D eigenvalue weighted by Crippen LogP contribution is -2.44. The minimum Gasteiger partial charge on any atom is -0.373 e. The first kappa shape index (κ1) is 14.5. The first-order chi connectivity index (χ1) is 9.02. The summed E-state index contributed by atoms with van der Waals surface area (Å²) in [5.41, 5.74) is 0.970. The molecule has 1 aromatic rings. The van der Waals surface area contributed by atoms with Crippen LogP contribution < -0.4 is 5.32 Å². The molecular weight excluding hydrogens is 242 g/mol. The maximum absolute atomic E-state index is 5.73. The van der Waals surface area contributed by atoms with E-state index in [1.807, 2.05) is 6.07 Å². The lowest BCUT2D eigenvalue weighted by atomic mass is 10.2. The number of nitrogens with zero attached hydrogens (tertiary/aromatic N) is 2. The summed E-state index contributed by atoms with van der Waals surface area (Å²) < 4.78 is 11.1. The van der Waals surface area contributed by atoms with Crippen LogP contribution in [0.1, 0.15) is 39.1 Å². The van der Waals surface area contributed by atoms with Crippen LogP contribution in [0.15, 0.2) is 10.6 Å². The third kappa shape index (κ3) is 4.60. The molecule has 2 atom stereocenters. The van der Waals surface area contributed by atoms with E-state index in [1.54, 1.807) is 0 Å². The van der Waals surface area contributed by atoms with Gasteiger partial charge in [-0.15, -0.1) is 0 Å². The summed E-state index contributed by atoms with van der Waals surface area (Å²) in [4.78, 5) is 2.36. The van der Waals surface area contributed by atoms with E-state index < -0.39 is 0 Å². The van der Waals surface area contributed by atoms with Crippen molar-refractivity contribution in [3.05, 3.63) is 17.5 Å². The Morgan fingerprint density at radius 1 is 1.37 bits per heavy atom. The second kappa shape index (κ2) is 6.50. The molecule has 0 aliphatic carbocycles. The molecule has 0 unspecified atom stereocenters. The van der Waals surface area contributed by atoms with Crippen LogP contribution in [-0.4, -0.2) is 41.4 Å². The highest BCUT2D eigenvalue weighted by Gasteiger charge is 2.23. The normalized spacial score (nSPS) is 25.1. The summed E-state index contributed by atoms with van der Waals surface area (Å²) in [6.07, 6.45) is 0.572. The van der Waals surface area contributed by atoms with E-state index in [9.17, 15) is 0 Å². The number of aromatic nitrogens is 1. The van der Waals surface area contributed by atoms with Crippen LogP contribution >= 0.6 is 0 Å². The van der Waals surface area contributed by atoms with E-state index in [2.05, 4.69) is 43.1 Å². The molecule has 0 amide bonds. The van der Waals surface area contributed by atoms with Crippen LogP contribution in [0.25, 0.3) is 0 Å². The Hall–Kier alpha value is -0.910. The van der Waals surface area contributed by atoms with Crippen molar-refractivity contribution in [1.82, 2.24) is 15.4 Å². The van der Waals surface area contributed by atoms with E-state index in [1.165, 1.54) is 0 Å². The lowest BCUT2D eigenvalue weighted by Gasteiger charge is -2.34. The number of hydrogen-bond acceptors (Lipinski definition) is 5. The molecule has 5 heteroatoms. The summed E-state index contributed by atoms with van der Waals surface area (Å²) in [6.45, 7) is 11.9. The highest BCUT2D eigenvalue weighted by Crippen LogP contribution is 2.14. The topological polar surface area (TPSA) is 50.5 Å². The monoisotopic (exact) mass is 267 g/mol. The number of ether oxygens (including phenoxy) is 1. The van der Waals surface area contributed by atoms with Gasteiger partial charge >= 0.3 is 0 Å². The van der Waals surface area contributed by atoms with Crippen molar-refractivity contribution in [3.63, 3.8) is 0 Å². The number of morpholine rings is 1. The molecule has 1 N–H and O–H groups in total. The predicted molar refractivity (Wildman–Crippen MR) is 73.8 cm³/mol. The summed E-state index contributed by atoms with van der Waals surface area (Å²) in [5.74, 6) is 0.932. The molecule has 108 valence electrons. The molecule has 0 spiro atoms. The minimum absolute atomic E-state index is 0.286. The number of hydrogen-bond donors (Lipinski definition) is 1. The van der Waals surface area contributed by atoms with Crippen molar-refractivity contribution in [2.24, 2.45) is 0 Å². The van der Waals surface area contributed by atoms with Gasteiger partial charge in [0, 0.05) is 31.7 Å². The predicted octanol–water partition coefficient (Wildman–Crippen LogP) is 1.78. The standard InChI is InChI=1S/C14H25N3O2/c1-10(2)15-6-13-5-14(19-16-13)9-17-7-11(3)18-12(4)8-17/h5,10-12,15H,6-9H2,1-4H3/t11-,12+. The van der Waals surface area contributed by atoms with Gasteiger partial charge in [-0.05, 0) is 13.8 Å². The highest BCUT2D eigenvalue weighted by molar-refractivity contribution is 5.05. The zero-order valence-electron chi connectivity index (χ0n) is 12.3. The van der Waals surface area contributed by atoms with Gasteiger partial charge < -0.3 is 14.6 Å². The van der Waals surface area contributed by atoms with E-state index >= 15 is 0 Å². The zero-order valence-corrected chi connectivity index (χ0v) is 12.3. The van der Waals surface area contributed by atoms with Crippen molar-refractivity contribution in [2.75, 3.05) is 13.1 Å². The molecule has 1 aromatic heterocycles. The Kier molecular flexibility index (Phi) is 4.96. The average molecular weight is 267 g/mol. The van der Waals surface area contributed by atoms with Gasteiger partial charge in [-0.2, -0.15) is 0 Å². The van der Waals surface area contributed by atoms with Gasteiger partial charge in [0.1, 0.15) is 0 Å². The van der Waals surface area contributed by atoms with Gasteiger partial charge in [-0.25, -0.2) is 0 Å². The van der Waals surface area contributed by atoms with E-state index in [4.69, 9.17) is 9.26 Å². The van der Waals surface area contributed by atoms with Crippen LogP contribution in [0.2, 0.25) is 0 Å². The molecule has 1 aliphatic rings. The Labute approximate surface area is 115 Å². The van der Waals surface area contributed by atoms with E-state index in [0.29, 0.717) is 6.04 Å². The first-order valence-electron chi connectivity index (χ1n) is 7.08. The zero-order chi connectivity index (χ0) is 13.8. The number of rotatable bonds is 5. The Bertz CT molecular complexity index is 382. The largest absolute Gasteiger partial charge is 0.373 e. The van der Waals surface area contributed by atoms with Gasteiger partial charge in [-0.1, -0.05) is 19.0 Å². The van der Waals surface area contributed by atoms with Crippen LogP contribution in [-0.2, 0) is 17.8 Å². The summed E-state index contributed by atoms with van der Waals surface area (Å²) in [7, 11) is 0. The van der Waals surface area contributed by atoms with Crippen LogP contribution in [0.3, 0.4) is 0 Å². The average Bonchev–Trinajstić information content (AvgIpc) is 2.72. The fourth-order valence-electron chi connectivity index (χ4n) is 2.46. The van der Waals surface area contributed by atoms with Gasteiger partial charge in [0.2, 0.25) is 0 Å². The molecule has 19 heavy (non-hydrogen) atoms. The molecule has 2 heterocycles. The molecule has 1 aliphatic heterocycles. The van der Waals surface area contributed by atoms with Gasteiger partial charge in [0.15, 0.2) is 5.76 Å². The van der Waals surface area contributed by atoms with E-state index in [-0.39, 0.29) is 12.2 Å². The summed E-state index contributed by atoms with van der Waals surface area (Å²) in [6, 6.07) is 2.50. The first-order valence-corrected chi connectivity index (χ1v) is 7.08. The minimum atomic E-state index is 0.286. The molecule has 0 bridgehead atoms. The third-order valence-electron chi connectivity index (χ3n) is 3.17. The molecular formula is C14H25N3O2. The van der Waals surface area contributed by atoms with Crippen molar-refractivity contribution in [1.29, 1.82) is 0 Å². The fraction of sp³-hybridized carbons (Fsp3) is 0.786. The second-order valence-corrected chi connectivity index (χ2v) is 5.77. The maximum Gasteiger partial charge on any atom is 0.151 e. The Morgan fingerprint density at radius 2 is 2.05 bits per heavy atom. The molecule has 5 nitrogen and oxygen atoms in total. The molecule has 0 aromatic carbocycles. The summed E-state index contributed by atoms with van der Waals surface area (Å²) >= 11 is 0. The molecule has 0 radical (unpaired) electrons. The van der Waals surface area contributed by atoms with Crippen molar-refractivity contribution < 1.29 is 9.26 Å². The van der Waals surface area contributed by atoms with E-state index in [0.717, 1.165) is 37.6 Å². The summed E-state index contributed by atoms with van der Waals surface area (Å²) in [5, 5.41) is 7.43. The molecule has 0 saturated carbocycles. The van der Waals surface area contributed by atoms with Crippen molar-refractivity contribution >= 4 is 0 Å². The smallest absolute Gasteiger partial charge is 0.151 e. The fourth-order valence-corrected chi connectivity index (χ4v) is 2.46. The van der Waals surface area contributed by atoms with Crippen LogP contribution in [0.5, 0.6) is 0 Å². The quantitative estimate of drug-likeness (QED) is 0.881. The van der Waals surface area contributed by atoms with Crippen LogP contribution in [0, 0.1) is 0 Å². The van der Waals surface area contributed by atoms with Gasteiger partial charge in [0.05, 0.1) is 24.4 Å². The SMILES string of the molecule is CC(C)NCc1cc(CN2C[C@@H](C)O[C@@H](C)C2)on1. The molecule has 1 fully saturated rings. The third-order valence-corrected chi connectivity index (χ3v) is 3.17. The van der Waals surface area contributed by atoms with Crippen LogP contribution in [0.4, 0.5) is 0 Å². The maximum atomic E-state index is 5.73. The molecule has 1 saturated heterocycles. The van der Waals surface area contributed by atoms with Gasteiger partial charge in [-0.3, -0.25) is 4.90 Å². The highest BCUT2D eigenvalue weighted by atomic mass is 16.5. The Balaban J connectivity index is 1.85. The lowest BCUT2D eigenvalue weighted by molar-refractivity contribution is -0.0721. The second-order valence-electron chi connectivity index (χ2n) is 5.77. The number of nitrogens with one attached hydrogen (secondary N) is 1.